The van der Waals surface area contributed by atoms with E-state index in [2.05, 4.69) is 0 Å². The summed E-state index contributed by atoms with van der Waals surface area (Å²) in [4.78, 5) is 11.2. The molecule has 1 unspecified atom stereocenters. The third-order valence-electron chi connectivity index (χ3n) is 6.51. The van der Waals surface area contributed by atoms with Crippen LogP contribution in [0.1, 0.15) is 36.0 Å². The molecule has 0 amide bonds. The largest absolute Gasteiger partial charge is 0.494 e. The van der Waals surface area contributed by atoms with E-state index in [4.69, 9.17) is 35.7 Å². The molecular formula is C28H26ClFO8S. The monoisotopic (exact) mass is 576 g/mol. The molecule has 0 aliphatic carbocycles. The van der Waals surface area contributed by atoms with Gasteiger partial charge in [0, 0.05) is 29.4 Å². The van der Waals surface area contributed by atoms with Crippen molar-refractivity contribution in [3.63, 3.8) is 0 Å². The number of carboxylic acid groups (broad SMARTS) is 1. The fraction of sp³-hybridized carbons (Fsp3) is 0.321. The van der Waals surface area contributed by atoms with Gasteiger partial charge >= 0.3 is 5.97 Å². The molecule has 11 heteroatoms. The number of carbonyl (C=O) groups is 1. The Morgan fingerprint density at radius 3 is 2.62 bits per heavy atom. The third-order valence-corrected chi connectivity index (χ3v) is 7.85. The van der Waals surface area contributed by atoms with E-state index in [1.165, 1.54) is 18.4 Å². The van der Waals surface area contributed by atoms with E-state index in [1.54, 1.807) is 36.4 Å². The summed E-state index contributed by atoms with van der Waals surface area (Å²) in [6, 6.07) is 13.0. The van der Waals surface area contributed by atoms with E-state index in [0.29, 0.717) is 51.1 Å². The summed E-state index contributed by atoms with van der Waals surface area (Å²) in [6.45, 7) is 0.626. The van der Waals surface area contributed by atoms with Crippen molar-refractivity contribution >= 4 is 27.4 Å². The van der Waals surface area contributed by atoms with Gasteiger partial charge in [-0.1, -0.05) is 11.6 Å². The molecule has 2 heterocycles. The Hall–Kier alpha value is -3.50. The minimum Gasteiger partial charge on any atom is -0.494 e. The lowest BCUT2D eigenvalue weighted by Crippen LogP contribution is -2.22. The number of hydrogen-bond acceptors (Lipinski definition) is 7. The fourth-order valence-electron chi connectivity index (χ4n) is 4.67. The predicted molar refractivity (Wildman–Crippen MR) is 142 cm³/mol. The summed E-state index contributed by atoms with van der Waals surface area (Å²) in [7, 11) is -3.06. The van der Waals surface area contributed by atoms with Crippen molar-refractivity contribution in [3.05, 3.63) is 70.5 Å². The molecular weight excluding hydrogens is 551 g/mol. The van der Waals surface area contributed by atoms with Crippen LogP contribution in [-0.4, -0.2) is 51.3 Å². The van der Waals surface area contributed by atoms with Gasteiger partial charge in [-0.25, -0.2) is 12.8 Å². The van der Waals surface area contributed by atoms with Crippen LogP contribution in [0.2, 0.25) is 5.02 Å². The first-order valence-electron chi connectivity index (χ1n) is 12.3. The van der Waals surface area contributed by atoms with Crippen molar-refractivity contribution in [1.29, 1.82) is 0 Å². The molecule has 39 heavy (non-hydrogen) atoms. The Labute approximate surface area is 230 Å². The van der Waals surface area contributed by atoms with Crippen LogP contribution < -0.4 is 18.9 Å². The van der Waals surface area contributed by atoms with Crippen molar-refractivity contribution in [2.24, 2.45) is 0 Å². The van der Waals surface area contributed by atoms with Crippen LogP contribution in [0, 0.1) is 5.82 Å². The summed E-state index contributed by atoms with van der Waals surface area (Å²) < 4.78 is 60.6. The smallest absolute Gasteiger partial charge is 0.304 e. The van der Waals surface area contributed by atoms with Crippen LogP contribution in [0.4, 0.5) is 4.39 Å². The van der Waals surface area contributed by atoms with Gasteiger partial charge in [0.1, 0.15) is 33.8 Å². The molecule has 206 valence electrons. The van der Waals surface area contributed by atoms with Gasteiger partial charge < -0.3 is 24.1 Å². The van der Waals surface area contributed by atoms with E-state index >= 15 is 0 Å². The lowest BCUT2D eigenvalue weighted by atomic mass is 9.97. The van der Waals surface area contributed by atoms with Crippen molar-refractivity contribution < 1.29 is 41.7 Å². The van der Waals surface area contributed by atoms with Crippen molar-refractivity contribution in [3.8, 4) is 34.1 Å². The number of halogens is 2. The van der Waals surface area contributed by atoms with Crippen LogP contribution in [0.5, 0.6) is 23.0 Å². The van der Waals surface area contributed by atoms with Crippen molar-refractivity contribution in [1.82, 2.24) is 0 Å². The normalized spacial score (nSPS) is 17.8. The predicted octanol–water partition coefficient (Wildman–Crippen LogP) is 5.42. The topological polar surface area (TPSA) is 108 Å². The molecule has 0 bridgehead atoms. The molecule has 5 rings (SSSR count). The number of benzene rings is 3. The lowest BCUT2D eigenvalue weighted by Gasteiger charge is -2.28. The molecule has 0 radical (unpaired) electrons. The van der Waals surface area contributed by atoms with E-state index in [9.17, 15) is 17.6 Å². The first-order chi connectivity index (χ1) is 18.6. The van der Waals surface area contributed by atoms with Crippen LogP contribution in [0.3, 0.4) is 0 Å². The number of rotatable bonds is 9. The molecule has 0 fully saturated rings. The highest BCUT2D eigenvalue weighted by molar-refractivity contribution is 7.90. The zero-order chi connectivity index (χ0) is 27.7. The zero-order valence-electron chi connectivity index (χ0n) is 21.0. The van der Waals surface area contributed by atoms with Gasteiger partial charge in [-0.05, 0) is 60.0 Å². The molecule has 0 saturated carbocycles. The second-order valence-corrected chi connectivity index (χ2v) is 12.3. The maximum absolute atomic E-state index is 14.7. The molecule has 8 nitrogen and oxygen atoms in total. The van der Waals surface area contributed by atoms with E-state index < -0.39 is 27.7 Å². The third kappa shape index (κ3) is 6.39. The molecule has 2 atom stereocenters. The second-order valence-electron chi connectivity index (χ2n) is 9.61. The Kier molecular flexibility index (Phi) is 7.59. The fourth-order valence-corrected chi connectivity index (χ4v) is 5.59. The SMILES string of the molecule is CS(=O)(=O)CCCOc1ccc(-c2cc(F)cc(C3COc4cc5c(cc4O3)OC[C@H]5CC(=O)O)c2)c(Cl)c1. The number of fused-ring (bicyclic) bond motifs is 2. The van der Waals surface area contributed by atoms with E-state index in [-0.39, 0.29) is 37.9 Å². The highest BCUT2D eigenvalue weighted by Gasteiger charge is 2.32. The molecule has 0 saturated heterocycles. The summed E-state index contributed by atoms with van der Waals surface area (Å²) in [5.41, 5.74) is 2.46. The standard InChI is InChI=1S/C28H26ClFO8S/c1-39(33,34)6-2-5-35-20-3-4-21(23(29)11-20)16-7-17(9-19(30)8-16)27-15-37-25-12-22-18(10-28(31)32)14-36-24(22)13-26(25)38-27/h3-4,7-9,11-13,18,27H,2,5-6,10,14-15H2,1H3,(H,31,32)/t18-,27?/m1/s1. The van der Waals surface area contributed by atoms with Crippen LogP contribution in [-0.2, 0) is 14.6 Å². The lowest BCUT2D eigenvalue weighted by molar-refractivity contribution is -0.137. The Morgan fingerprint density at radius 2 is 1.87 bits per heavy atom. The summed E-state index contributed by atoms with van der Waals surface area (Å²) in [6.07, 6.45) is 0.891. The van der Waals surface area contributed by atoms with Gasteiger partial charge in [0.2, 0.25) is 0 Å². The van der Waals surface area contributed by atoms with Crippen molar-refractivity contribution in [2.45, 2.75) is 24.9 Å². The van der Waals surface area contributed by atoms with Gasteiger partial charge in [0.15, 0.2) is 17.6 Å². The first-order valence-corrected chi connectivity index (χ1v) is 14.7. The minimum absolute atomic E-state index is 0.0308. The number of hydrogen-bond donors (Lipinski definition) is 1. The number of aliphatic carboxylic acids is 1. The molecule has 2 aliphatic rings. The van der Waals surface area contributed by atoms with E-state index in [1.807, 2.05) is 0 Å². The van der Waals surface area contributed by atoms with Gasteiger partial charge in [-0.2, -0.15) is 0 Å². The zero-order valence-corrected chi connectivity index (χ0v) is 22.6. The molecule has 1 N–H and O–H groups in total. The van der Waals surface area contributed by atoms with Gasteiger partial charge in [0.25, 0.3) is 0 Å². The maximum atomic E-state index is 14.7. The first kappa shape index (κ1) is 27.1. The summed E-state index contributed by atoms with van der Waals surface area (Å²) in [5.74, 6) is 0.347. The second kappa shape index (κ2) is 10.9. The Bertz CT molecular complexity index is 1520. The van der Waals surface area contributed by atoms with E-state index in [0.717, 1.165) is 5.56 Å². The summed E-state index contributed by atoms with van der Waals surface area (Å²) in [5, 5.41) is 9.50. The highest BCUT2D eigenvalue weighted by Crippen LogP contribution is 2.46. The number of sulfone groups is 1. The van der Waals surface area contributed by atoms with Crippen LogP contribution in [0.25, 0.3) is 11.1 Å². The quantitative estimate of drug-likeness (QED) is 0.336. The number of ether oxygens (including phenoxy) is 4. The molecule has 0 spiro atoms. The van der Waals surface area contributed by atoms with Gasteiger partial charge in [-0.3, -0.25) is 4.79 Å². The van der Waals surface area contributed by atoms with Gasteiger partial charge in [-0.15, -0.1) is 0 Å². The molecule has 3 aromatic rings. The van der Waals surface area contributed by atoms with Gasteiger partial charge in [0.05, 0.1) is 30.4 Å². The molecule has 3 aromatic carbocycles. The molecule has 2 aliphatic heterocycles. The average molecular weight is 577 g/mol. The number of carboxylic acids is 1. The molecule has 0 aromatic heterocycles. The average Bonchev–Trinajstić information content (AvgIpc) is 3.24. The minimum atomic E-state index is -3.06. The Balaban J connectivity index is 1.32. The van der Waals surface area contributed by atoms with Crippen LogP contribution >= 0.6 is 11.6 Å². The highest BCUT2D eigenvalue weighted by atomic mass is 35.5. The maximum Gasteiger partial charge on any atom is 0.304 e. The Morgan fingerprint density at radius 1 is 1.08 bits per heavy atom. The summed E-state index contributed by atoms with van der Waals surface area (Å²) >= 11 is 6.50. The van der Waals surface area contributed by atoms with Crippen LogP contribution in [0.15, 0.2) is 48.5 Å². The van der Waals surface area contributed by atoms with Crippen molar-refractivity contribution in [2.75, 3.05) is 31.8 Å².